The fourth-order valence-electron chi connectivity index (χ4n) is 2.70. The van der Waals surface area contributed by atoms with E-state index in [9.17, 15) is 0 Å². The molecule has 0 spiro atoms. The van der Waals surface area contributed by atoms with E-state index >= 15 is 0 Å². The van der Waals surface area contributed by atoms with E-state index in [0.29, 0.717) is 12.5 Å². The SMILES string of the molecule is CC(C)CNCc1nc(COCCC2CCCN2C)cs1. The van der Waals surface area contributed by atoms with Gasteiger partial charge in [-0.1, -0.05) is 13.8 Å². The van der Waals surface area contributed by atoms with E-state index in [0.717, 1.165) is 42.9 Å². The molecule has 0 aliphatic carbocycles. The third kappa shape index (κ3) is 6.02. The number of likely N-dealkylation sites (tertiary alicyclic amines) is 1. The molecule has 1 aliphatic heterocycles. The first-order chi connectivity index (χ1) is 10.1. The van der Waals surface area contributed by atoms with Gasteiger partial charge in [0.25, 0.3) is 0 Å². The predicted molar refractivity (Wildman–Crippen MR) is 88.6 cm³/mol. The Kier molecular flexibility index (Phi) is 7.10. The molecule has 0 saturated carbocycles. The van der Waals surface area contributed by atoms with Crippen molar-refractivity contribution in [3.8, 4) is 0 Å². The van der Waals surface area contributed by atoms with Gasteiger partial charge >= 0.3 is 0 Å². The van der Waals surface area contributed by atoms with E-state index in [2.05, 4.69) is 41.5 Å². The molecule has 0 radical (unpaired) electrons. The topological polar surface area (TPSA) is 37.4 Å². The molecule has 120 valence electrons. The summed E-state index contributed by atoms with van der Waals surface area (Å²) in [6.07, 6.45) is 3.80. The minimum absolute atomic E-state index is 0.650. The van der Waals surface area contributed by atoms with E-state index < -0.39 is 0 Å². The van der Waals surface area contributed by atoms with Crippen molar-refractivity contribution in [3.63, 3.8) is 0 Å². The summed E-state index contributed by atoms with van der Waals surface area (Å²) in [5, 5.41) is 6.70. The van der Waals surface area contributed by atoms with Crippen LogP contribution in [0.4, 0.5) is 0 Å². The molecular weight excluding hydrogens is 282 g/mol. The molecule has 1 aromatic heterocycles. The van der Waals surface area contributed by atoms with Crippen LogP contribution in [0.5, 0.6) is 0 Å². The van der Waals surface area contributed by atoms with Crippen molar-refractivity contribution < 1.29 is 4.74 Å². The second kappa shape index (κ2) is 8.83. The minimum Gasteiger partial charge on any atom is -0.375 e. The van der Waals surface area contributed by atoms with Gasteiger partial charge in [-0.2, -0.15) is 0 Å². The summed E-state index contributed by atoms with van der Waals surface area (Å²) in [4.78, 5) is 7.06. The molecule has 2 heterocycles. The zero-order valence-corrected chi connectivity index (χ0v) is 14.4. The number of hydrogen-bond donors (Lipinski definition) is 1. The molecule has 1 aliphatic rings. The van der Waals surface area contributed by atoms with Crippen LogP contribution in [-0.2, 0) is 17.9 Å². The molecule has 0 aromatic carbocycles. The summed E-state index contributed by atoms with van der Waals surface area (Å²) >= 11 is 1.72. The van der Waals surface area contributed by atoms with Crippen LogP contribution in [0, 0.1) is 5.92 Å². The molecule has 1 unspecified atom stereocenters. The molecule has 5 heteroatoms. The van der Waals surface area contributed by atoms with E-state index in [4.69, 9.17) is 4.74 Å². The third-order valence-electron chi connectivity index (χ3n) is 3.94. The molecule has 21 heavy (non-hydrogen) atoms. The lowest BCUT2D eigenvalue weighted by molar-refractivity contribution is 0.0995. The van der Waals surface area contributed by atoms with Crippen LogP contribution >= 0.6 is 11.3 Å². The van der Waals surface area contributed by atoms with Crippen molar-refractivity contribution in [1.82, 2.24) is 15.2 Å². The van der Waals surface area contributed by atoms with Gasteiger partial charge < -0.3 is 15.0 Å². The van der Waals surface area contributed by atoms with Gasteiger partial charge in [0.05, 0.1) is 12.3 Å². The molecular formula is C16H29N3OS. The van der Waals surface area contributed by atoms with E-state index in [-0.39, 0.29) is 0 Å². The molecule has 2 rings (SSSR count). The first-order valence-electron chi connectivity index (χ1n) is 8.07. The average molecular weight is 311 g/mol. The normalized spacial score (nSPS) is 19.7. The quantitative estimate of drug-likeness (QED) is 0.712. The number of thiazole rings is 1. The zero-order chi connectivity index (χ0) is 15.1. The Hall–Kier alpha value is -0.490. The van der Waals surface area contributed by atoms with Gasteiger partial charge in [-0.25, -0.2) is 4.98 Å². The van der Waals surface area contributed by atoms with Gasteiger partial charge in [-0.15, -0.1) is 11.3 Å². The predicted octanol–water partition coefficient (Wildman–Crippen LogP) is 2.89. The van der Waals surface area contributed by atoms with Crippen LogP contribution in [-0.4, -0.2) is 42.7 Å². The highest BCUT2D eigenvalue weighted by Crippen LogP contribution is 2.18. The first-order valence-corrected chi connectivity index (χ1v) is 8.95. The van der Waals surface area contributed by atoms with Gasteiger partial charge in [0.2, 0.25) is 0 Å². The number of nitrogens with zero attached hydrogens (tertiary/aromatic N) is 2. The Labute approximate surface area is 132 Å². The standard InChI is InChI=1S/C16H29N3OS/c1-13(2)9-17-10-16-18-14(12-21-16)11-20-8-6-15-5-4-7-19(15)3/h12-13,15,17H,4-11H2,1-3H3. The number of aromatic nitrogens is 1. The number of nitrogens with one attached hydrogen (secondary N) is 1. The van der Waals surface area contributed by atoms with Gasteiger partial charge in [-0.3, -0.25) is 0 Å². The second-order valence-corrected chi connectivity index (χ2v) is 7.32. The maximum Gasteiger partial charge on any atom is 0.107 e. The van der Waals surface area contributed by atoms with Crippen molar-refractivity contribution in [2.24, 2.45) is 5.92 Å². The fourth-order valence-corrected chi connectivity index (χ4v) is 3.45. The summed E-state index contributed by atoms with van der Waals surface area (Å²) in [6, 6.07) is 0.719. The maximum absolute atomic E-state index is 5.78. The lowest BCUT2D eigenvalue weighted by Crippen LogP contribution is -2.26. The van der Waals surface area contributed by atoms with Gasteiger partial charge in [0, 0.05) is 24.6 Å². The van der Waals surface area contributed by atoms with E-state index in [1.165, 1.54) is 19.4 Å². The van der Waals surface area contributed by atoms with Gasteiger partial charge in [-0.05, 0) is 45.3 Å². The molecule has 1 aromatic rings. The maximum atomic E-state index is 5.78. The Bertz CT molecular complexity index is 408. The van der Waals surface area contributed by atoms with Gasteiger partial charge in [0.15, 0.2) is 0 Å². The third-order valence-corrected chi connectivity index (χ3v) is 4.84. The summed E-state index contributed by atoms with van der Waals surface area (Å²) in [5.74, 6) is 0.682. The smallest absolute Gasteiger partial charge is 0.107 e. The lowest BCUT2D eigenvalue weighted by Gasteiger charge is -2.18. The van der Waals surface area contributed by atoms with Crippen LogP contribution in [0.1, 0.15) is 43.8 Å². The highest BCUT2D eigenvalue weighted by atomic mass is 32.1. The largest absolute Gasteiger partial charge is 0.375 e. The molecule has 1 fully saturated rings. The molecule has 0 amide bonds. The zero-order valence-electron chi connectivity index (χ0n) is 13.6. The van der Waals surface area contributed by atoms with Crippen LogP contribution in [0.25, 0.3) is 0 Å². The van der Waals surface area contributed by atoms with E-state index in [1.54, 1.807) is 11.3 Å². The minimum atomic E-state index is 0.650. The lowest BCUT2D eigenvalue weighted by atomic mass is 10.1. The van der Waals surface area contributed by atoms with Crippen LogP contribution in [0.15, 0.2) is 5.38 Å². The Morgan fingerprint density at radius 3 is 3.10 bits per heavy atom. The summed E-state index contributed by atoms with van der Waals surface area (Å²) in [5.41, 5.74) is 1.07. The second-order valence-electron chi connectivity index (χ2n) is 6.38. The van der Waals surface area contributed by atoms with Gasteiger partial charge in [0.1, 0.15) is 5.01 Å². The Morgan fingerprint density at radius 1 is 1.52 bits per heavy atom. The monoisotopic (exact) mass is 311 g/mol. The molecule has 4 nitrogen and oxygen atoms in total. The molecule has 1 atom stereocenters. The van der Waals surface area contributed by atoms with Crippen LogP contribution in [0.2, 0.25) is 0 Å². The van der Waals surface area contributed by atoms with Crippen molar-refractivity contribution in [2.75, 3.05) is 26.7 Å². The fraction of sp³-hybridized carbons (Fsp3) is 0.812. The highest BCUT2D eigenvalue weighted by molar-refractivity contribution is 7.09. The molecule has 1 saturated heterocycles. The van der Waals surface area contributed by atoms with Crippen molar-refractivity contribution in [3.05, 3.63) is 16.1 Å². The summed E-state index contributed by atoms with van der Waals surface area (Å²) in [6.45, 7) is 9.08. The highest BCUT2D eigenvalue weighted by Gasteiger charge is 2.20. The first kappa shape index (κ1) is 16.9. The number of rotatable bonds is 9. The van der Waals surface area contributed by atoms with Crippen LogP contribution < -0.4 is 5.32 Å². The molecule has 0 bridgehead atoms. The Morgan fingerprint density at radius 2 is 2.38 bits per heavy atom. The van der Waals surface area contributed by atoms with E-state index in [1.807, 2.05) is 0 Å². The summed E-state index contributed by atoms with van der Waals surface area (Å²) in [7, 11) is 2.22. The average Bonchev–Trinajstić information content (AvgIpc) is 3.04. The number of hydrogen-bond acceptors (Lipinski definition) is 5. The van der Waals surface area contributed by atoms with Crippen LogP contribution in [0.3, 0.4) is 0 Å². The number of ether oxygens (including phenoxy) is 1. The molecule has 1 N–H and O–H groups in total. The van der Waals surface area contributed by atoms with Crippen molar-refractivity contribution in [1.29, 1.82) is 0 Å². The summed E-state index contributed by atoms with van der Waals surface area (Å²) < 4.78 is 5.78. The Balaban J connectivity index is 1.59. The van der Waals surface area contributed by atoms with Crippen molar-refractivity contribution >= 4 is 11.3 Å². The van der Waals surface area contributed by atoms with Crippen molar-refractivity contribution in [2.45, 2.75) is 52.3 Å².